The molecule has 8 N–H and O–H groups in total. The van der Waals surface area contributed by atoms with E-state index < -0.39 is 35.7 Å². The Hall–Kier alpha value is -2.79. The van der Waals surface area contributed by atoms with Crippen LogP contribution in [0.1, 0.15) is 44.4 Å². The summed E-state index contributed by atoms with van der Waals surface area (Å²) in [5.41, 5.74) is 6.05. The van der Waals surface area contributed by atoms with Crippen molar-refractivity contribution in [1.82, 2.24) is 14.6 Å². The first kappa shape index (κ1) is 30.4. The summed E-state index contributed by atoms with van der Waals surface area (Å²) < 4.78 is 6.99. The minimum atomic E-state index is -1.29. The minimum absolute atomic E-state index is 0.0358. The van der Waals surface area contributed by atoms with Crippen LogP contribution in [0.25, 0.3) is 0 Å². The second kappa shape index (κ2) is 14.2. The number of H-pyrrole nitrogens is 1. The van der Waals surface area contributed by atoms with Gasteiger partial charge < -0.3 is 30.6 Å². The van der Waals surface area contributed by atoms with E-state index in [9.17, 15) is 19.8 Å². The topological polar surface area (TPSA) is 180 Å². The number of rotatable bonds is 9. The summed E-state index contributed by atoms with van der Waals surface area (Å²) in [4.78, 5) is 35.0. The number of benzene rings is 1. The Morgan fingerprint density at radius 2 is 1.89 bits per heavy atom. The highest BCUT2D eigenvalue weighted by atomic mass is 31.1. The van der Waals surface area contributed by atoms with E-state index in [0.29, 0.717) is 13.0 Å². The second-order valence-electron chi connectivity index (χ2n) is 9.43. The molecule has 37 heavy (non-hydrogen) atoms. The molecule has 1 fully saturated rings. The average Bonchev–Trinajstić information content (AvgIpc) is 3.09. The maximum Gasteiger partial charge on any atom is 0.328 e. The van der Waals surface area contributed by atoms with Gasteiger partial charge in [0.2, 0.25) is 0 Å². The van der Waals surface area contributed by atoms with Gasteiger partial charge in [-0.2, -0.15) is 0 Å². The molecule has 1 aromatic carbocycles. The van der Waals surface area contributed by atoms with Crippen LogP contribution < -0.4 is 22.8 Å². The van der Waals surface area contributed by atoms with Crippen LogP contribution in [-0.4, -0.2) is 48.0 Å². The van der Waals surface area contributed by atoms with E-state index in [1.165, 1.54) is 22.0 Å². The Labute approximate surface area is 217 Å². The minimum Gasteiger partial charge on any atom is -0.399 e. The van der Waals surface area contributed by atoms with Gasteiger partial charge in [-0.3, -0.25) is 14.3 Å². The van der Waals surface area contributed by atoms with E-state index >= 15 is 0 Å². The predicted molar refractivity (Wildman–Crippen MR) is 144 cm³/mol. The Morgan fingerprint density at radius 3 is 2.46 bits per heavy atom. The molecule has 5 unspecified atom stereocenters. The molecule has 1 aromatic heterocycles. The number of aliphatic hydroxyl groups is 2. The summed E-state index contributed by atoms with van der Waals surface area (Å²) in [6.45, 7) is 9.55. The number of aromatic amines is 1. The molecule has 0 amide bonds. The molecule has 0 aliphatic carbocycles. The molecule has 2 heterocycles. The van der Waals surface area contributed by atoms with Gasteiger partial charge in [-0.15, -0.1) is 0 Å². The van der Waals surface area contributed by atoms with Gasteiger partial charge in [-0.1, -0.05) is 50.8 Å². The third-order valence-corrected chi connectivity index (χ3v) is 5.88. The third-order valence-electron chi connectivity index (χ3n) is 5.49. The van der Waals surface area contributed by atoms with Crippen LogP contribution in [0.15, 0.2) is 69.9 Å². The van der Waals surface area contributed by atoms with Crippen molar-refractivity contribution >= 4 is 8.81 Å². The molecule has 3 rings (SSSR count). The number of aromatic nitrogens is 2. The first-order valence-corrected chi connectivity index (χ1v) is 12.8. The monoisotopic (exact) mass is 535 g/mol. The molecule has 0 bridgehead atoms. The number of hydrogen-bond acceptors (Lipinski definition) is 9. The lowest BCUT2D eigenvalue weighted by atomic mass is 9.98. The van der Waals surface area contributed by atoms with Gasteiger partial charge in [0.1, 0.15) is 18.3 Å². The van der Waals surface area contributed by atoms with Crippen molar-refractivity contribution < 1.29 is 19.8 Å². The number of hydrazine groups is 1. The molecule has 1 aliphatic rings. The summed E-state index contributed by atoms with van der Waals surface area (Å²) >= 11 is 0. The summed E-state index contributed by atoms with van der Waals surface area (Å²) in [5.74, 6) is 6.22. The van der Waals surface area contributed by atoms with Crippen molar-refractivity contribution in [2.45, 2.75) is 64.7 Å². The van der Waals surface area contributed by atoms with Gasteiger partial charge in [-0.05, 0) is 30.1 Å². The molecule has 5 atom stereocenters. The first-order valence-electron chi connectivity index (χ1n) is 11.8. The molecular formula is C25H38N5O6P. The fourth-order valence-electron chi connectivity index (χ4n) is 3.80. The molecular weight excluding hydrogens is 497 g/mol. The molecule has 204 valence electrons. The highest BCUT2D eigenvalue weighted by Gasteiger charge is 2.44. The summed E-state index contributed by atoms with van der Waals surface area (Å²) in [6.07, 6.45) is -0.746. The number of nitrogens with two attached hydrogens (primary N) is 2. The van der Waals surface area contributed by atoms with Crippen LogP contribution in [0.3, 0.4) is 0 Å². The number of ether oxygens (including phenoxy) is 1. The molecule has 1 aliphatic heterocycles. The fourth-order valence-corrected chi connectivity index (χ4v) is 3.80. The van der Waals surface area contributed by atoms with E-state index in [2.05, 4.69) is 11.6 Å². The summed E-state index contributed by atoms with van der Waals surface area (Å²) in [6, 6.07) is 9.57. The third kappa shape index (κ3) is 9.23. The highest BCUT2D eigenvalue weighted by molar-refractivity contribution is 7.36. The van der Waals surface area contributed by atoms with E-state index in [1.807, 2.05) is 44.2 Å². The lowest BCUT2D eigenvalue weighted by molar-refractivity contribution is -0.00395. The Kier molecular flexibility index (Phi) is 11.7. The van der Waals surface area contributed by atoms with Gasteiger partial charge >= 0.3 is 5.69 Å². The number of hydrogen-bond donors (Lipinski definition) is 6. The Bertz CT molecular complexity index is 1170. The lowest BCUT2D eigenvalue weighted by Crippen LogP contribution is -2.36. The maximum absolute atomic E-state index is 12.4. The van der Waals surface area contributed by atoms with Crippen LogP contribution in [0, 0.1) is 5.92 Å². The standard InChI is InChI=1S/C22H31N5O5.C3H7OP/c1-13(2)8-17-18(28)19(29)20(32-17)16-12-26(22(31)25-21(16)30)10-15(23)11-27(24)9-14-6-4-3-5-7-14;1-3(2)5-4/h3-7,11-13,17-20,28-29H,8-10,23-24H2,1-2H3,(H,25,30,31);4-5H,1H2,2H3/b15-11-;. The predicted octanol–water partition coefficient (Wildman–Crippen LogP) is 1.03. The van der Waals surface area contributed by atoms with Crippen molar-refractivity contribution in [1.29, 1.82) is 0 Å². The fraction of sp³-hybridized carbons (Fsp3) is 0.440. The van der Waals surface area contributed by atoms with Crippen LogP contribution in [-0.2, 0) is 17.8 Å². The zero-order valence-corrected chi connectivity index (χ0v) is 22.4. The van der Waals surface area contributed by atoms with Crippen LogP contribution >= 0.6 is 8.81 Å². The normalized spacial score (nSPS) is 21.8. The molecule has 0 saturated carbocycles. The van der Waals surface area contributed by atoms with E-state index in [-0.39, 0.29) is 32.5 Å². The van der Waals surface area contributed by atoms with Crippen LogP contribution in [0.4, 0.5) is 0 Å². The second-order valence-corrected chi connectivity index (χ2v) is 10.5. The van der Waals surface area contributed by atoms with E-state index in [1.54, 1.807) is 6.92 Å². The van der Waals surface area contributed by atoms with E-state index in [0.717, 1.165) is 10.9 Å². The quantitative estimate of drug-likeness (QED) is 0.155. The van der Waals surface area contributed by atoms with E-state index in [4.69, 9.17) is 21.2 Å². The van der Waals surface area contributed by atoms with Gasteiger partial charge in [-0.25, -0.2) is 10.6 Å². The van der Waals surface area contributed by atoms with Gasteiger partial charge in [0.15, 0.2) is 0 Å². The SMILES string of the molecule is C=C(C)PO.CC(C)CC1OC(c2cn(C/C(N)=C/N(N)Cc3ccccc3)c(=O)[nH]c2=O)C(O)C1O. The van der Waals surface area contributed by atoms with Crippen molar-refractivity contribution in [3.63, 3.8) is 0 Å². The van der Waals surface area contributed by atoms with Crippen molar-refractivity contribution in [3.05, 3.63) is 92.3 Å². The maximum atomic E-state index is 12.4. The van der Waals surface area contributed by atoms with Crippen molar-refractivity contribution in [2.24, 2.45) is 17.5 Å². The zero-order valence-electron chi connectivity index (χ0n) is 21.4. The number of aliphatic hydroxyl groups excluding tert-OH is 2. The first-order chi connectivity index (χ1) is 17.4. The van der Waals surface area contributed by atoms with Crippen LogP contribution in [0.2, 0.25) is 0 Å². The number of allylic oxidation sites excluding steroid dienone is 2. The van der Waals surface area contributed by atoms with Crippen LogP contribution in [0.5, 0.6) is 0 Å². The largest absolute Gasteiger partial charge is 0.399 e. The molecule has 12 heteroatoms. The van der Waals surface area contributed by atoms with Gasteiger partial charge in [0, 0.05) is 26.9 Å². The Morgan fingerprint density at radius 1 is 1.27 bits per heavy atom. The highest BCUT2D eigenvalue weighted by Crippen LogP contribution is 2.34. The molecule has 2 aromatic rings. The zero-order chi connectivity index (χ0) is 27.7. The number of nitrogens with one attached hydrogen (secondary N) is 1. The lowest BCUT2D eigenvalue weighted by Gasteiger charge is -2.17. The summed E-state index contributed by atoms with van der Waals surface area (Å²) in [5, 5.41) is 23.0. The molecule has 0 spiro atoms. The van der Waals surface area contributed by atoms with Crippen molar-refractivity contribution in [2.75, 3.05) is 0 Å². The van der Waals surface area contributed by atoms with Crippen molar-refractivity contribution in [3.8, 4) is 0 Å². The summed E-state index contributed by atoms with van der Waals surface area (Å²) in [7, 11) is -0.0802. The Balaban J connectivity index is 0.000000877. The van der Waals surface area contributed by atoms with Gasteiger partial charge in [0.05, 0.1) is 24.8 Å². The number of nitrogens with zero attached hydrogens (tertiary/aromatic N) is 2. The van der Waals surface area contributed by atoms with Gasteiger partial charge in [0.25, 0.3) is 5.56 Å². The molecule has 11 nitrogen and oxygen atoms in total. The smallest absolute Gasteiger partial charge is 0.328 e. The average molecular weight is 536 g/mol. The molecule has 1 saturated heterocycles. The molecule has 0 radical (unpaired) electrons.